The van der Waals surface area contributed by atoms with Crippen LogP contribution in [0.2, 0.25) is 0 Å². The lowest BCUT2D eigenvalue weighted by atomic mass is 10.0. The first-order valence-electron chi connectivity index (χ1n) is 10.7. The molecule has 0 bridgehead atoms. The van der Waals surface area contributed by atoms with Gasteiger partial charge < -0.3 is 10.2 Å². The Hall–Kier alpha value is -3.50. The standard InChI is InChI=1S/C22H22F3N7O/c1-13-3-4-17(32-6-2-5-29-32)20(30-13)21(33)31-12-15-7-14(15)8-16(31)9-27-19-11-26-18(10-28-19)22(23,24)25/h2-6,10-11,14-16H,7-9,12H2,1H3,(H,27,28)/t14-,15+,16-/m0/s1. The van der Waals surface area contributed by atoms with Crippen LogP contribution in [0.5, 0.6) is 0 Å². The van der Waals surface area contributed by atoms with Crippen LogP contribution in [-0.4, -0.2) is 54.7 Å². The van der Waals surface area contributed by atoms with Crippen molar-refractivity contribution in [2.75, 3.05) is 18.4 Å². The zero-order chi connectivity index (χ0) is 23.2. The number of alkyl halides is 3. The van der Waals surface area contributed by atoms with E-state index in [0.717, 1.165) is 24.7 Å². The number of hydrogen-bond donors (Lipinski definition) is 1. The second-order valence-electron chi connectivity index (χ2n) is 8.54. The van der Waals surface area contributed by atoms with Crippen LogP contribution in [0.3, 0.4) is 0 Å². The number of fused-ring (bicyclic) bond motifs is 1. The molecule has 8 nitrogen and oxygen atoms in total. The number of nitrogens with one attached hydrogen (secondary N) is 1. The largest absolute Gasteiger partial charge is 0.434 e. The summed E-state index contributed by atoms with van der Waals surface area (Å²) in [6.07, 6.45) is 2.53. The van der Waals surface area contributed by atoms with Crippen LogP contribution in [0.25, 0.3) is 5.69 Å². The molecular formula is C22H22F3N7O. The molecule has 4 heterocycles. The number of pyridine rings is 1. The number of amides is 1. The number of likely N-dealkylation sites (tertiary alicyclic amines) is 1. The van der Waals surface area contributed by atoms with E-state index >= 15 is 0 Å². The van der Waals surface area contributed by atoms with Crippen molar-refractivity contribution < 1.29 is 18.0 Å². The van der Waals surface area contributed by atoms with Gasteiger partial charge in [-0.1, -0.05) is 0 Å². The van der Waals surface area contributed by atoms with Gasteiger partial charge in [-0.15, -0.1) is 0 Å². The van der Waals surface area contributed by atoms with Gasteiger partial charge in [0.05, 0.1) is 18.1 Å². The van der Waals surface area contributed by atoms with Crippen LogP contribution >= 0.6 is 0 Å². The SMILES string of the molecule is Cc1ccc(-n2cccn2)c(C(=O)N2C[C@H]3C[C@H]3C[C@H]2CNc2cnc(C(F)(F)F)cn2)n1. The van der Waals surface area contributed by atoms with Gasteiger partial charge in [0, 0.05) is 37.2 Å². The van der Waals surface area contributed by atoms with Gasteiger partial charge in [0.1, 0.15) is 5.82 Å². The second kappa shape index (κ2) is 8.13. The van der Waals surface area contributed by atoms with E-state index in [-0.39, 0.29) is 17.8 Å². The molecule has 1 aliphatic carbocycles. The van der Waals surface area contributed by atoms with Crippen LogP contribution in [0.1, 0.15) is 34.7 Å². The third kappa shape index (κ3) is 4.39. The van der Waals surface area contributed by atoms with Gasteiger partial charge in [0.15, 0.2) is 11.4 Å². The van der Waals surface area contributed by atoms with Crippen LogP contribution in [-0.2, 0) is 6.18 Å². The molecule has 1 saturated heterocycles. The zero-order valence-corrected chi connectivity index (χ0v) is 17.8. The van der Waals surface area contributed by atoms with Gasteiger partial charge in [-0.25, -0.2) is 19.6 Å². The third-order valence-electron chi connectivity index (χ3n) is 6.20. The fourth-order valence-corrected chi connectivity index (χ4v) is 4.37. The molecule has 0 spiro atoms. The summed E-state index contributed by atoms with van der Waals surface area (Å²) in [5, 5.41) is 7.29. The molecule has 1 saturated carbocycles. The molecule has 3 atom stereocenters. The van der Waals surface area contributed by atoms with E-state index in [1.807, 2.05) is 24.0 Å². The molecule has 0 aromatic carbocycles. The summed E-state index contributed by atoms with van der Waals surface area (Å²) in [5.41, 5.74) is 0.622. The normalized spacial score (nSPS) is 22.1. The van der Waals surface area contributed by atoms with Crippen molar-refractivity contribution in [1.82, 2.24) is 29.6 Å². The lowest BCUT2D eigenvalue weighted by Gasteiger charge is -2.35. The number of carbonyl (C=O) groups excluding carboxylic acids is 1. The van der Waals surface area contributed by atoms with Gasteiger partial charge in [-0.2, -0.15) is 18.3 Å². The quantitative estimate of drug-likeness (QED) is 0.632. The van der Waals surface area contributed by atoms with Crippen molar-refractivity contribution in [3.8, 4) is 5.69 Å². The van der Waals surface area contributed by atoms with E-state index < -0.39 is 11.9 Å². The number of aromatic nitrogens is 5. The van der Waals surface area contributed by atoms with Gasteiger partial charge in [0.2, 0.25) is 0 Å². The molecule has 2 aliphatic rings. The van der Waals surface area contributed by atoms with E-state index in [4.69, 9.17) is 0 Å². The first kappa shape index (κ1) is 21.4. The topological polar surface area (TPSA) is 88.8 Å². The summed E-state index contributed by atoms with van der Waals surface area (Å²) in [5.74, 6) is 1.10. The lowest BCUT2D eigenvalue weighted by molar-refractivity contribution is -0.141. The van der Waals surface area contributed by atoms with Crippen LogP contribution in [0, 0.1) is 18.8 Å². The van der Waals surface area contributed by atoms with E-state index in [1.54, 1.807) is 23.1 Å². The lowest BCUT2D eigenvalue weighted by Crippen LogP contribution is -2.48. The number of rotatable bonds is 5. The Kier molecular flexibility index (Phi) is 5.26. The number of halogens is 3. The smallest absolute Gasteiger partial charge is 0.367 e. The Balaban J connectivity index is 1.36. The maximum Gasteiger partial charge on any atom is 0.434 e. The maximum atomic E-state index is 13.7. The number of anilines is 1. The van der Waals surface area contributed by atoms with Crippen molar-refractivity contribution >= 4 is 11.7 Å². The Morgan fingerprint density at radius 2 is 2.03 bits per heavy atom. The third-order valence-corrected chi connectivity index (χ3v) is 6.20. The highest BCUT2D eigenvalue weighted by Gasteiger charge is 2.47. The van der Waals surface area contributed by atoms with Gasteiger partial charge in [-0.3, -0.25) is 4.79 Å². The molecule has 5 rings (SSSR count). The highest BCUT2D eigenvalue weighted by molar-refractivity contribution is 5.96. The highest BCUT2D eigenvalue weighted by atomic mass is 19.4. The number of hydrogen-bond acceptors (Lipinski definition) is 6. The predicted molar refractivity (Wildman–Crippen MR) is 113 cm³/mol. The predicted octanol–water partition coefficient (Wildman–Crippen LogP) is 3.35. The molecule has 11 heteroatoms. The molecule has 1 aliphatic heterocycles. The Morgan fingerprint density at radius 1 is 1.18 bits per heavy atom. The van der Waals surface area contributed by atoms with Crippen molar-refractivity contribution in [1.29, 1.82) is 0 Å². The average Bonchev–Trinajstić information content (AvgIpc) is 3.34. The molecule has 0 radical (unpaired) electrons. The molecule has 0 unspecified atom stereocenters. The van der Waals surface area contributed by atoms with Crippen molar-refractivity contribution in [3.63, 3.8) is 0 Å². The number of piperidine rings is 1. The maximum absolute atomic E-state index is 13.7. The van der Waals surface area contributed by atoms with Gasteiger partial charge in [0.25, 0.3) is 5.91 Å². The Bertz CT molecular complexity index is 1150. The van der Waals surface area contributed by atoms with Crippen molar-refractivity contribution in [2.24, 2.45) is 11.8 Å². The van der Waals surface area contributed by atoms with Crippen LogP contribution < -0.4 is 5.32 Å². The molecule has 1 amide bonds. The summed E-state index contributed by atoms with van der Waals surface area (Å²) >= 11 is 0. The molecule has 3 aromatic rings. The minimum Gasteiger partial charge on any atom is -0.367 e. The number of carbonyl (C=O) groups is 1. The highest BCUT2D eigenvalue weighted by Crippen LogP contribution is 2.47. The van der Waals surface area contributed by atoms with Gasteiger partial charge >= 0.3 is 6.18 Å². The fourth-order valence-electron chi connectivity index (χ4n) is 4.37. The molecule has 33 heavy (non-hydrogen) atoms. The Labute approximate surface area is 187 Å². The molecule has 3 aromatic heterocycles. The minimum absolute atomic E-state index is 0.141. The van der Waals surface area contributed by atoms with Gasteiger partial charge in [-0.05, 0) is 49.8 Å². The van der Waals surface area contributed by atoms with E-state index in [9.17, 15) is 18.0 Å². The van der Waals surface area contributed by atoms with E-state index in [0.29, 0.717) is 42.5 Å². The monoisotopic (exact) mass is 457 g/mol. The van der Waals surface area contributed by atoms with Crippen molar-refractivity contribution in [2.45, 2.75) is 32.0 Å². The first-order valence-corrected chi connectivity index (χ1v) is 10.7. The summed E-state index contributed by atoms with van der Waals surface area (Å²) < 4.78 is 39.8. The van der Waals surface area contributed by atoms with Crippen LogP contribution in [0.15, 0.2) is 43.0 Å². The summed E-state index contributed by atoms with van der Waals surface area (Å²) in [6, 6.07) is 5.31. The molecule has 172 valence electrons. The number of nitrogens with zero attached hydrogens (tertiary/aromatic N) is 6. The molecule has 1 N–H and O–H groups in total. The minimum atomic E-state index is -4.54. The molecule has 2 fully saturated rings. The number of aryl methyl sites for hydroxylation is 1. The van der Waals surface area contributed by atoms with Crippen molar-refractivity contribution in [3.05, 3.63) is 60.1 Å². The average molecular weight is 457 g/mol. The first-order chi connectivity index (χ1) is 15.8. The summed E-state index contributed by atoms with van der Waals surface area (Å²) in [6.45, 7) is 2.82. The second-order valence-corrected chi connectivity index (χ2v) is 8.54. The van der Waals surface area contributed by atoms with E-state index in [2.05, 4.69) is 25.4 Å². The summed E-state index contributed by atoms with van der Waals surface area (Å²) in [4.78, 5) is 27.3. The summed E-state index contributed by atoms with van der Waals surface area (Å²) in [7, 11) is 0. The molecular weight excluding hydrogens is 435 g/mol. The van der Waals surface area contributed by atoms with E-state index in [1.165, 1.54) is 0 Å². The van der Waals surface area contributed by atoms with Crippen LogP contribution in [0.4, 0.5) is 19.0 Å². The fraction of sp³-hybridized carbons (Fsp3) is 0.409. The Morgan fingerprint density at radius 3 is 2.73 bits per heavy atom. The zero-order valence-electron chi connectivity index (χ0n) is 17.8.